The van der Waals surface area contributed by atoms with Gasteiger partial charge in [0.25, 0.3) is 0 Å². The Hall–Kier alpha value is -4.31. The third-order valence-electron chi connectivity index (χ3n) is 4.92. The highest BCUT2D eigenvalue weighted by Gasteiger charge is 2.58. The molecule has 4 rings (SSSR count). The zero-order chi connectivity index (χ0) is 25.2. The summed E-state index contributed by atoms with van der Waals surface area (Å²) < 4.78 is 86.2. The van der Waals surface area contributed by atoms with Gasteiger partial charge in [-0.15, -0.1) is 15.3 Å². The molecule has 0 bridgehead atoms. The summed E-state index contributed by atoms with van der Waals surface area (Å²) >= 11 is 0. The van der Waals surface area contributed by atoms with Crippen LogP contribution in [0.5, 0.6) is 0 Å². The van der Waals surface area contributed by atoms with Crippen LogP contribution in [0.4, 0.5) is 26.3 Å². The average molecular weight is 490 g/mol. The Morgan fingerprint density at radius 2 is 1.66 bits per heavy atom. The molecule has 0 aliphatic heterocycles. The van der Waals surface area contributed by atoms with Crippen LogP contribution in [-0.4, -0.2) is 35.5 Å². The Morgan fingerprint density at radius 1 is 0.857 bits per heavy atom. The predicted molar refractivity (Wildman–Crippen MR) is 106 cm³/mol. The lowest BCUT2D eigenvalue weighted by Crippen LogP contribution is -2.48. The molecule has 178 valence electrons. The van der Waals surface area contributed by atoms with Crippen LogP contribution in [0.15, 0.2) is 54.9 Å². The third-order valence-corrected chi connectivity index (χ3v) is 4.92. The van der Waals surface area contributed by atoms with E-state index in [0.717, 1.165) is 35.3 Å². The van der Waals surface area contributed by atoms with Crippen LogP contribution in [0.3, 0.4) is 0 Å². The number of hydrogen-bond donors (Lipinski definition) is 1. The normalized spacial score (nSPS) is 13.1. The van der Waals surface area contributed by atoms with Crippen molar-refractivity contribution in [3.05, 3.63) is 101 Å². The Kier molecular flexibility index (Phi) is 6.23. The van der Waals surface area contributed by atoms with Gasteiger partial charge >= 0.3 is 5.92 Å². The number of aromatic nitrogens is 6. The number of aliphatic hydroxyl groups is 1. The molecule has 13 heteroatoms. The predicted octanol–water partition coefficient (Wildman–Crippen LogP) is 3.10. The first kappa shape index (κ1) is 23.8. The summed E-state index contributed by atoms with van der Waals surface area (Å²) in [5, 5.41) is 28.1. The molecule has 2 aromatic heterocycles. The van der Waals surface area contributed by atoms with E-state index in [-0.39, 0.29) is 11.3 Å². The molecule has 35 heavy (non-hydrogen) atoms. The minimum absolute atomic E-state index is 0.0997. The number of nitrogens with zero attached hydrogens (tertiary/aromatic N) is 6. The molecule has 4 aromatic rings. The summed E-state index contributed by atoms with van der Waals surface area (Å²) in [6, 6.07) is 6.50. The molecule has 0 aliphatic rings. The SMILES string of the molecule is OC(Cn1cnnn1)(c1ccc(F)cc1F)C(F)(F)c1ccc(C#Cc2ccc(F)c(F)c2)nn1. The van der Waals surface area contributed by atoms with Gasteiger partial charge in [0.15, 0.2) is 17.2 Å². The Morgan fingerprint density at radius 3 is 2.29 bits per heavy atom. The van der Waals surface area contributed by atoms with E-state index >= 15 is 8.78 Å². The minimum atomic E-state index is -4.28. The summed E-state index contributed by atoms with van der Waals surface area (Å²) in [4.78, 5) is 0. The summed E-state index contributed by atoms with van der Waals surface area (Å²) in [6.07, 6.45) is 0.922. The molecule has 1 atom stereocenters. The molecule has 0 aliphatic carbocycles. The van der Waals surface area contributed by atoms with Crippen molar-refractivity contribution in [3.63, 3.8) is 0 Å². The second-order valence-corrected chi connectivity index (χ2v) is 7.25. The van der Waals surface area contributed by atoms with Crippen molar-refractivity contribution in [2.45, 2.75) is 18.1 Å². The van der Waals surface area contributed by atoms with E-state index in [0.29, 0.717) is 18.2 Å². The average Bonchev–Trinajstić information content (AvgIpc) is 3.32. The van der Waals surface area contributed by atoms with Gasteiger partial charge in [0.1, 0.15) is 29.3 Å². The molecule has 0 fully saturated rings. The fourth-order valence-corrected chi connectivity index (χ4v) is 3.15. The molecule has 7 nitrogen and oxygen atoms in total. The molecule has 0 saturated carbocycles. The van der Waals surface area contributed by atoms with Gasteiger partial charge in [-0.2, -0.15) is 8.78 Å². The van der Waals surface area contributed by atoms with Gasteiger partial charge in [0.05, 0.1) is 6.54 Å². The standard InChI is InChI=1S/C22H12F6N6O/c23-14-3-6-16(18(25)10-14)21(35,11-34-12-29-32-33-34)22(27,28)20-8-5-15(30-31-20)4-1-13-2-7-17(24)19(26)9-13/h2-3,5-10,12,35H,11H2. The lowest BCUT2D eigenvalue weighted by atomic mass is 9.84. The van der Waals surface area contributed by atoms with E-state index in [9.17, 15) is 22.7 Å². The van der Waals surface area contributed by atoms with Crippen LogP contribution in [-0.2, 0) is 18.1 Å². The molecule has 1 N–H and O–H groups in total. The largest absolute Gasteiger partial charge is 0.377 e. The molecule has 2 heterocycles. The van der Waals surface area contributed by atoms with Gasteiger partial charge in [-0.05, 0) is 58.8 Å². The third kappa shape index (κ3) is 4.69. The van der Waals surface area contributed by atoms with Gasteiger partial charge < -0.3 is 5.11 Å². The molecule has 1 unspecified atom stereocenters. The smallest absolute Gasteiger partial charge is 0.325 e. The summed E-state index contributed by atoms with van der Waals surface area (Å²) in [7, 11) is 0. The van der Waals surface area contributed by atoms with Crippen LogP contribution >= 0.6 is 0 Å². The monoisotopic (exact) mass is 490 g/mol. The first-order valence-electron chi connectivity index (χ1n) is 9.68. The van der Waals surface area contributed by atoms with E-state index < -0.39 is 52.6 Å². The number of tetrazole rings is 1. The number of rotatable bonds is 5. The highest BCUT2D eigenvalue weighted by molar-refractivity contribution is 5.40. The minimum Gasteiger partial charge on any atom is -0.377 e. The van der Waals surface area contributed by atoms with Crippen molar-refractivity contribution < 1.29 is 31.4 Å². The van der Waals surface area contributed by atoms with Crippen LogP contribution in [0.25, 0.3) is 0 Å². The number of alkyl halides is 2. The van der Waals surface area contributed by atoms with Gasteiger partial charge in [0.2, 0.25) is 0 Å². The molecule has 0 spiro atoms. The first-order chi connectivity index (χ1) is 16.6. The van der Waals surface area contributed by atoms with Gasteiger partial charge in [-0.3, -0.25) is 0 Å². The molecular formula is C22H12F6N6O. The van der Waals surface area contributed by atoms with Crippen molar-refractivity contribution in [3.8, 4) is 11.8 Å². The fraction of sp³-hybridized carbons (Fsp3) is 0.136. The van der Waals surface area contributed by atoms with Crippen molar-refractivity contribution in [2.24, 2.45) is 0 Å². The van der Waals surface area contributed by atoms with Crippen LogP contribution < -0.4 is 0 Å². The quantitative estimate of drug-likeness (QED) is 0.342. The Labute approximate surface area is 193 Å². The zero-order valence-corrected chi connectivity index (χ0v) is 17.3. The van der Waals surface area contributed by atoms with Crippen LogP contribution in [0, 0.1) is 35.1 Å². The maximum absolute atomic E-state index is 15.6. The summed E-state index contributed by atoms with van der Waals surface area (Å²) in [6.45, 7) is -1.02. The van der Waals surface area contributed by atoms with Crippen LogP contribution in [0.1, 0.15) is 22.5 Å². The van der Waals surface area contributed by atoms with Crippen molar-refractivity contribution in [1.29, 1.82) is 0 Å². The highest BCUT2D eigenvalue weighted by atomic mass is 19.3. The zero-order valence-electron chi connectivity index (χ0n) is 17.3. The Bertz CT molecular complexity index is 1420. The van der Waals surface area contributed by atoms with Gasteiger partial charge in [-0.1, -0.05) is 5.92 Å². The number of halogens is 6. The molecular weight excluding hydrogens is 478 g/mol. The molecule has 2 aromatic carbocycles. The van der Waals surface area contributed by atoms with E-state index in [4.69, 9.17) is 0 Å². The topological polar surface area (TPSA) is 89.6 Å². The Balaban J connectivity index is 1.70. The lowest BCUT2D eigenvalue weighted by Gasteiger charge is -2.35. The van der Waals surface area contributed by atoms with Crippen molar-refractivity contribution in [1.82, 2.24) is 30.4 Å². The van der Waals surface area contributed by atoms with E-state index in [2.05, 4.69) is 37.6 Å². The van der Waals surface area contributed by atoms with E-state index in [1.54, 1.807) is 0 Å². The first-order valence-corrected chi connectivity index (χ1v) is 9.68. The van der Waals surface area contributed by atoms with Crippen LogP contribution in [0.2, 0.25) is 0 Å². The highest BCUT2D eigenvalue weighted by Crippen LogP contribution is 2.46. The van der Waals surface area contributed by atoms with Crippen molar-refractivity contribution >= 4 is 0 Å². The second kappa shape index (κ2) is 9.15. The maximum atomic E-state index is 15.6. The summed E-state index contributed by atoms with van der Waals surface area (Å²) in [5.41, 5.74) is -5.30. The second-order valence-electron chi connectivity index (χ2n) is 7.25. The van der Waals surface area contributed by atoms with E-state index in [1.807, 2.05) is 0 Å². The van der Waals surface area contributed by atoms with Gasteiger partial charge in [0, 0.05) is 17.2 Å². The van der Waals surface area contributed by atoms with Crippen molar-refractivity contribution in [2.75, 3.05) is 0 Å². The fourth-order valence-electron chi connectivity index (χ4n) is 3.15. The number of hydrogen-bond acceptors (Lipinski definition) is 6. The summed E-state index contributed by atoms with van der Waals surface area (Å²) in [5.74, 6) is -3.99. The van der Waals surface area contributed by atoms with E-state index in [1.165, 1.54) is 6.07 Å². The lowest BCUT2D eigenvalue weighted by molar-refractivity contribution is -0.208. The molecule has 0 saturated heterocycles. The molecule has 0 radical (unpaired) electrons. The molecule has 0 amide bonds. The van der Waals surface area contributed by atoms with Gasteiger partial charge in [-0.25, -0.2) is 22.2 Å². The maximum Gasteiger partial charge on any atom is 0.325 e. The number of benzene rings is 2.